The SMILES string of the molecule is N#CC(CN1CCCC2CCCC21)NC1CC1. The van der Waals surface area contributed by atoms with Crippen LogP contribution in [0.4, 0.5) is 0 Å². The summed E-state index contributed by atoms with van der Waals surface area (Å²) in [5.41, 5.74) is 0. The van der Waals surface area contributed by atoms with Crippen LogP contribution in [0.2, 0.25) is 0 Å². The summed E-state index contributed by atoms with van der Waals surface area (Å²) in [6.45, 7) is 2.17. The van der Waals surface area contributed by atoms with Gasteiger partial charge < -0.3 is 0 Å². The molecule has 17 heavy (non-hydrogen) atoms. The molecule has 1 N–H and O–H groups in total. The van der Waals surface area contributed by atoms with Gasteiger partial charge in [-0.05, 0) is 51.0 Å². The first-order valence-corrected chi connectivity index (χ1v) is 7.26. The molecular formula is C14H23N3. The first-order valence-electron chi connectivity index (χ1n) is 7.26. The zero-order valence-electron chi connectivity index (χ0n) is 10.6. The van der Waals surface area contributed by atoms with Gasteiger partial charge in [-0.15, -0.1) is 0 Å². The number of hydrogen-bond acceptors (Lipinski definition) is 3. The molecule has 3 fully saturated rings. The van der Waals surface area contributed by atoms with E-state index >= 15 is 0 Å². The third-order valence-corrected chi connectivity index (χ3v) is 4.70. The minimum Gasteiger partial charge on any atom is -0.298 e. The van der Waals surface area contributed by atoms with Gasteiger partial charge in [-0.1, -0.05) is 6.42 Å². The number of likely N-dealkylation sites (tertiary alicyclic amines) is 1. The molecule has 3 rings (SSSR count). The third kappa shape index (κ3) is 2.64. The zero-order chi connectivity index (χ0) is 11.7. The van der Waals surface area contributed by atoms with Crippen molar-refractivity contribution in [2.75, 3.05) is 13.1 Å². The monoisotopic (exact) mass is 233 g/mol. The Labute approximate surface area is 104 Å². The number of piperidine rings is 1. The second-order valence-electron chi connectivity index (χ2n) is 6.02. The van der Waals surface area contributed by atoms with E-state index in [4.69, 9.17) is 0 Å². The Kier molecular flexibility index (Phi) is 3.35. The highest BCUT2D eigenvalue weighted by molar-refractivity contribution is 5.00. The standard InChI is InChI=1S/C14H23N3/c15-9-13(16-12-6-7-12)10-17-8-2-4-11-3-1-5-14(11)17/h11-14,16H,1-8,10H2. The van der Waals surface area contributed by atoms with Crippen LogP contribution in [-0.2, 0) is 0 Å². The lowest BCUT2D eigenvalue weighted by atomic mass is 9.91. The fourth-order valence-corrected chi connectivity index (χ4v) is 3.68. The molecule has 0 bridgehead atoms. The van der Waals surface area contributed by atoms with E-state index in [1.165, 1.54) is 51.5 Å². The molecule has 3 aliphatic rings. The van der Waals surface area contributed by atoms with Crippen molar-refractivity contribution in [3.05, 3.63) is 0 Å². The molecule has 3 unspecified atom stereocenters. The van der Waals surface area contributed by atoms with E-state index in [9.17, 15) is 5.26 Å². The molecule has 3 atom stereocenters. The second kappa shape index (κ2) is 4.96. The van der Waals surface area contributed by atoms with Crippen molar-refractivity contribution < 1.29 is 0 Å². The summed E-state index contributed by atoms with van der Waals surface area (Å²) >= 11 is 0. The van der Waals surface area contributed by atoms with Crippen LogP contribution in [0.3, 0.4) is 0 Å². The van der Waals surface area contributed by atoms with Gasteiger partial charge in [-0.3, -0.25) is 10.2 Å². The molecular weight excluding hydrogens is 210 g/mol. The zero-order valence-corrected chi connectivity index (χ0v) is 10.6. The fraction of sp³-hybridized carbons (Fsp3) is 0.929. The number of nitriles is 1. The average Bonchev–Trinajstić information content (AvgIpc) is 3.03. The van der Waals surface area contributed by atoms with Gasteiger partial charge in [0.05, 0.1) is 6.07 Å². The first-order chi connectivity index (χ1) is 8.36. The molecule has 1 saturated heterocycles. The quantitative estimate of drug-likeness (QED) is 0.806. The van der Waals surface area contributed by atoms with Crippen molar-refractivity contribution >= 4 is 0 Å². The second-order valence-corrected chi connectivity index (χ2v) is 6.02. The maximum absolute atomic E-state index is 9.23. The minimum absolute atomic E-state index is 0.0573. The molecule has 3 nitrogen and oxygen atoms in total. The van der Waals surface area contributed by atoms with Gasteiger partial charge in [0.2, 0.25) is 0 Å². The Morgan fingerprint density at radius 1 is 1.18 bits per heavy atom. The van der Waals surface area contributed by atoms with Crippen molar-refractivity contribution in [3.8, 4) is 6.07 Å². The van der Waals surface area contributed by atoms with Crippen molar-refractivity contribution in [3.63, 3.8) is 0 Å². The van der Waals surface area contributed by atoms with Gasteiger partial charge in [-0.25, -0.2) is 0 Å². The van der Waals surface area contributed by atoms with Crippen LogP contribution in [0.5, 0.6) is 0 Å². The van der Waals surface area contributed by atoms with E-state index in [-0.39, 0.29) is 6.04 Å². The number of hydrogen-bond donors (Lipinski definition) is 1. The predicted molar refractivity (Wildman–Crippen MR) is 67.5 cm³/mol. The molecule has 2 aliphatic carbocycles. The molecule has 1 aliphatic heterocycles. The Balaban J connectivity index is 1.56. The maximum Gasteiger partial charge on any atom is 0.108 e. The van der Waals surface area contributed by atoms with Crippen LogP contribution in [0.25, 0.3) is 0 Å². The smallest absolute Gasteiger partial charge is 0.108 e. The van der Waals surface area contributed by atoms with Crippen LogP contribution in [0.1, 0.15) is 44.9 Å². The highest BCUT2D eigenvalue weighted by atomic mass is 15.2. The predicted octanol–water partition coefficient (Wildman–Crippen LogP) is 1.90. The molecule has 94 valence electrons. The summed E-state index contributed by atoms with van der Waals surface area (Å²) in [6, 6.07) is 3.94. The molecule has 0 aromatic heterocycles. The van der Waals surface area contributed by atoms with Crippen LogP contribution in [0.15, 0.2) is 0 Å². The van der Waals surface area contributed by atoms with E-state index < -0.39 is 0 Å². The number of nitrogens with one attached hydrogen (secondary N) is 1. The topological polar surface area (TPSA) is 39.1 Å². The maximum atomic E-state index is 9.23. The number of rotatable bonds is 4. The van der Waals surface area contributed by atoms with E-state index in [1.54, 1.807) is 0 Å². The molecule has 0 radical (unpaired) electrons. The summed E-state index contributed by atoms with van der Waals surface area (Å²) in [4.78, 5) is 2.60. The Morgan fingerprint density at radius 2 is 2.00 bits per heavy atom. The van der Waals surface area contributed by atoms with Crippen molar-refractivity contribution in [2.24, 2.45) is 5.92 Å². The summed E-state index contributed by atoms with van der Waals surface area (Å²) in [5, 5.41) is 12.7. The summed E-state index contributed by atoms with van der Waals surface area (Å²) in [7, 11) is 0. The lowest BCUT2D eigenvalue weighted by Gasteiger charge is -2.38. The van der Waals surface area contributed by atoms with Crippen molar-refractivity contribution in [1.82, 2.24) is 10.2 Å². The van der Waals surface area contributed by atoms with Gasteiger partial charge in [-0.2, -0.15) is 5.26 Å². The van der Waals surface area contributed by atoms with Gasteiger partial charge in [0.1, 0.15) is 6.04 Å². The molecule has 0 spiro atoms. The minimum atomic E-state index is 0.0573. The van der Waals surface area contributed by atoms with E-state index in [0.29, 0.717) is 6.04 Å². The lowest BCUT2D eigenvalue weighted by Crippen LogP contribution is -2.49. The van der Waals surface area contributed by atoms with Crippen LogP contribution < -0.4 is 5.32 Å². The van der Waals surface area contributed by atoms with Gasteiger partial charge in [0.25, 0.3) is 0 Å². The molecule has 0 aromatic carbocycles. The van der Waals surface area contributed by atoms with E-state index in [0.717, 1.165) is 18.5 Å². The third-order valence-electron chi connectivity index (χ3n) is 4.70. The Bertz CT molecular complexity index is 305. The first kappa shape index (κ1) is 11.5. The van der Waals surface area contributed by atoms with Crippen LogP contribution in [0, 0.1) is 17.2 Å². The molecule has 2 saturated carbocycles. The van der Waals surface area contributed by atoms with Crippen molar-refractivity contribution in [1.29, 1.82) is 5.26 Å². The summed E-state index contributed by atoms with van der Waals surface area (Å²) < 4.78 is 0. The molecule has 0 amide bonds. The Hall–Kier alpha value is -0.590. The fourth-order valence-electron chi connectivity index (χ4n) is 3.68. The molecule has 0 aromatic rings. The van der Waals surface area contributed by atoms with Gasteiger partial charge >= 0.3 is 0 Å². The lowest BCUT2D eigenvalue weighted by molar-refractivity contribution is 0.107. The molecule has 1 heterocycles. The normalized spacial score (nSPS) is 35.2. The largest absolute Gasteiger partial charge is 0.298 e. The highest BCUT2D eigenvalue weighted by Gasteiger charge is 2.36. The van der Waals surface area contributed by atoms with E-state index in [2.05, 4.69) is 16.3 Å². The number of nitrogens with zero attached hydrogens (tertiary/aromatic N) is 2. The van der Waals surface area contributed by atoms with Gasteiger partial charge in [0.15, 0.2) is 0 Å². The number of fused-ring (bicyclic) bond motifs is 1. The van der Waals surface area contributed by atoms with Gasteiger partial charge in [0, 0.05) is 18.6 Å². The summed E-state index contributed by atoms with van der Waals surface area (Å²) in [5.74, 6) is 0.934. The van der Waals surface area contributed by atoms with Crippen LogP contribution in [-0.4, -0.2) is 36.1 Å². The van der Waals surface area contributed by atoms with Crippen molar-refractivity contribution in [2.45, 2.75) is 63.1 Å². The summed E-state index contributed by atoms with van der Waals surface area (Å²) in [6.07, 6.45) is 9.49. The molecule has 3 heteroatoms. The highest BCUT2D eigenvalue weighted by Crippen LogP contribution is 2.36. The average molecular weight is 233 g/mol. The van der Waals surface area contributed by atoms with Crippen LogP contribution >= 0.6 is 0 Å². The van der Waals surface area contributed by atoms with E-state index in [1.807, 2.05) is 0 Å². The Morgan fingerprint density at radius 3 is 2.76 bits per heavy atom.